The van der Waals surface area contributed by atoms with Gasteiger partial charge in [-0.05, 0) is 71.7 Å². The number of amides is 1. The van der Waals surface area contributed by atoms with Crippen LogP contribution in [0.1, 0.15) is 55.1 Å². The largest absolute Gasteiger partial charge is 0.380 e. The van der Waals surface area contributed by atoms with E-state index in [0.29, 0.717) is 23.3 Å². The van der Waals surface area contributed by atoms with Crippen LogP contribution in [0.15, 0.2) is 48.9 Å². The average molecular weight is 535 g/mol. The monoisotopic (exact) mass is 534 g/mol. The van der Waals surface area contributed by atoms with Gasteiger partial charge in [-0.3, -0.25) is 9.78 Å². The van der Waals surface area contributed by atoms with Gasteiger partial charge in [0.1, 0.15) is 17.5 Å². The maximum atomic E-state index is 14.9. The van der Waals surface area contributed by atoms with Gasteiger partial charge < -0.3 is 15.8 Å². The van der Waals surface area contributed by atoms with Crippen LogP contribution in [0.3, 0.4) is 0 Å². The number of carbonyl (C=O) groups is 1. The molecule has 4 aromatic rings. The second-order valence-corrected chi connectivity index (χ2v) is 10.4. The van der Waals surface area contributed by atoms with Gasteiger partial charge in [0, 0.05) is 44.9 Å². The molecule has 0 radical (unpaired) electrons. The molecule has 8 nitrogen and oxygen atoms in total. The summed E-state index contributed by atoms with van der Waals surface area (Å²) in [4.78, 5) is 20.6. The van der Waals surface area contributed by atoms with Crippen LogP contribution >= 0.6 is 0 Å². The lowest BCUT2D eigenvalue weighted by Gasteiger charge is -2.39. The van der Waals surface area contributed by atoms with Crippen LogP contribution in [-0.2, 0) is 22.6 Å². The molecule has 39 heavy (non-hydrogen) atoms. The molecule has 3 heterocycles. The zero-order valence-corrected chi connectivity index (χ0v) is 22.2. The Morgan fingerprint density at radius 3 is 2.64 bits per heavy atom. The summed E-state index contributed by atoms with van der Waals surface area (Å²) < 4.78 is 36.4. The van der Waals surface area contributed by atoms with Crippen LogP contribution < -0.4 is 11.1 Å². The van der Waals surface area contributed by atoms with Gasteiger partial charge in [0.2, 0.25) is 5.91 Å². The zero-order chi connectivity index (χ0) is 27.7. The number of nitrogens with one attached hydrogen (secondary N) is 1. The molecule has 0 aliphatic heterocycles. The molecule has 5 rings (SSSR count). The normalized spacial score (nSPS) is 21.3. The fraction of sp³-hybridized carbons (Fsp3) is 0.379. The van der Waals surface area contributed by atoms with Crippen LogP contribution in [0.25, 0.3) is 16.8 Å². The van der Waals surface area contributed by atoms with E-state index in [1.807, 2.05) is 12.3 Å². The molecule has 0 unspecified atom stereocenters. The second-order valence-electron chi connectivity index (χ2n) is 10.4. The van der Waals surface area contributed by atoms with Crippen molar-refractivity contribution in [1.29, 1.82) is 0 Å². The van der Waals surface area contributed by atoms with Crippen LogP contribution in [0.5, 0.6) is 0 Å². The van der Waals surface area contributed by atoms with Crippen LogP contribution in [-0.4, -0.2) is 44.7 Å². The Labute approximate surface area is 225 Å². The molecule has 1 aliphatic rings. The summed E-state index contributed by atoms with van der Waals surface area (Å²) in [5.74, 6) is -0.450. The lowest BCUT2D eigenvalue weighted by Crippen LogP contribution is -2.54. The smallest absolute Gasteiger partial charge is 0.217 e. The Kier molecular flexibility index (Phi) is 7.67. The number of hydrogen-bond donors (Lipinski definition) is 2. The molecule has 1 aliphatic carbocycles. The van der Waals surface area contributed by atoms with Crippen molar-refractivity contribution in [3.8, 4) is 11.3 Å². The number of ether oxygens (including phenoxy) is 1. The van der Waals surface area contributed by atoms with Gasteiger partial charge in [0.05, 0.1) is 29.6 Å². The third-order valence-corrected chi connectivity index (χ3v) is 7.51. The van der Waals surface area contributed by atoms with Crippen molar-refractivity contribution in [2.45, 2.75) is 57.7 Å². The highest BCUT2D eigenvalue weighted by atomic mass is 19.1. The summed E-state index contributed by atoms with van der Waals surface area (Å²) in [6.07, 6.45) is 7.32. The molecule has 1 amide bonds. The summed E-state index contributed by atoms with van der Waals surface area (Å²) in [7, 11) is 1.47. The zero-order valence-electron chi connectivity index (χ0n) is 22.2. The Balaban J connectivity index is 1.45. The molecule has 0 spiro atoms. The molecule has 3 aromatic heterocycles. The van der Waals surface area contributed by atoms with Gasteiger partial charge >= 0.3 is 0 Å². The van der Waals surface area contributed by atoms with Crippen molar-refractivity contribution in [3.63, 3.8) is 0 Å². The molecule has 1 fully saturated rings. The number of methoxy groups -OCH3 is 1. The van der Waals surface area contributed by atoms with Gasteiger partial charge in [-0.2, -0.15) is 5.10 Å². The Bertz CT molecular complexity index is 1470. The van der Waals surface area contributed by atoms with Crippen molar-refractivity contribution in [3.05, 3.63) is 83.1 Å². The van der Waals surface area contributed by atoms with Gasteiger partial charge in [0.25, 0.3) is 0 Å². The number of pyridine rings is 1. The minimum atomic E-state index is -0.703. The van der Waals surface area contributed by atoms with Crippen molar-refractivity contribution >= 4 is 11.4 Å². The summed E-state index contributed by atoms with van der Waals surface area (Å²) >= 11 is 0. The Morgan fingerprint density at radius 1 is 1.18 bits per heavy atom. The van der Waals surface area contributed by atoms with Crippen LogP contribution in [0.2, 0.25) is 0 Å². The molecule has 0 bridgehead atoms. The van der Waals surface area contributed by atoms with Gasteiger partial charge in [0.15, 0.2) is 0 Å². The van der Waals surface area contributed by atoms with Gasteiger partial charge in [-0.15, -0.1) is 0 Å². The average Bonchev–Trinajstić information content (AvgIpc) is 3.28. The van der Waals surface area contributed by atoms with E-state index in [1.54, 1.807) is 29.0 Å². The maximum absolute atomic E-state index is 14.9. The molecular formula is C29H32F2N6O2. The first-order valence-corrected chi connectivity index (χ1v) is 13.0. The third-order valence-electron chi connectivity index (χ3n) is 7.51. The van der Waals surface area contributed by atoms with Gasteiger partial charge in [-0.25, -0.2) is 18.3 Å². The van der Waals surface area contributed by atoms with E-state index in [4.69, 9.17) is 10.5 Å². The molecule has 0 saturated heterocycles. The first kappa shape index (κ1) is 26.8. The number of imidazole rings is 1. The molecule has 10 heteroatoms. The molecule has 204 valence electrons. The van der Waals surface area contributed by atoms with Gasteiger partial charge in [-0.1, -0.05) is 6.92 Å². The fourth-order valence-corrected chi connectivity index (χ4v) is 5.79. The maximum Gasteiger partial charge on any atom is 0.217 e. The van der Waals surface area contributed by atoms with E-state index in [1.165, 1.54) is 26.2 Å². The number of benzene rings is 1. The highest BCUT2D eigenvalue weighted by molar-refractivity contribution is 5.73. The van der Waals surface area contributed by atoms with Crippen molar-refractivity contribution in [2.75, 3.05) is 7.11 Å². The quantitative estimate of drug-likeness (QED) is 0.369. The number of carbonyl (C=O) groups excluding carboxylic acids is 1. The standard InChI is InChI=1S/C29H32F2N6O2/c1-16-8-19(11-25(32)29(16)35-17(2)38)22-6-7-33-13-20(22)12-27-34-14-21-4-5-26(36-37(21)27)28-23(30)9-18(15-39-3)10-24(28)31/h4-7,9-10,13-14,16,19,25,29H,8,11-12,15,32H2,1-3H3,(H,35,38)/t16-,19+,25+,29-/m0/s1. The highest BCUT2D eigenvalue weighted by Crippen LogP contribution is 2.37. The number of nitrogens with zero attached hydrogens (tertiary/aromatic N) is 4. The topological polar surface area (TPSA) is 107 Å². The molecule has 3 N–H and O–H groups in total. The summed E-state index contributed by atoms with van der Waals surface area (Å²) in [6, 6.07) is 7.64. The number of halogens is 2. The summed E-state index contributed by atoms with van der Waals surface area (Å²) in [6.45, 7) is 3.74. The first-order chi connectivity index (χ1) is 18.7. The lowest BCUT2D eigenvalue weighted by atomic mass is 9.72. The summed E-state index contributed by atoms with van der Waals surface area (Å²) in [5.41, 5.74) is 9.71. The first-order valence-electron chi connectivity index (χ1n) is 13.0. The Morgan fingerprint density at radius 2 is 1.95 bits per heavy atom. The number of nitrogens with two attached hydrogens (primary N) is 1. The predicted octanol–water partition coefficient (Wildman–Crippen LogP) is 4.15. The van der Waals surface area contributed by atoms with E-state index in [9.17, 15) is 13.6 Å². The second kappa shape index (κ2) is 11.2. The van der Waals surface area contributed by atoms with E-state index < -0.39 is 11.6 Å². The van der Waals surface area contributed by atoms with Crippen molar-refractivity contribution < 1.29 is 18.3 Å². The van der Waals surface area contributed by atoms with Crippen LogP contribution in [0, 0.1) is 17.6 Å². The molecule has 1 aromatic carbocycles. The minimum Gasteiger partial charge on any atom is -0.380 e. The molecule has 4 atom stereocenters. The van der Waals surface area contributed by atoms with Crippen molar-refractivity contribution in [1.82, 2.24) is 24.9 Å². The predicted molar refractivity (Wildman–Crippen MR) is 143 cm³/mol. The third kappa shape index (κ3) is 5.53. The molecule has 1 saturated carbocycles. The van der Waals surface area contributed by atoms with E-state index in [2.05, 4.69) is 27.3 Å². The Hall–Kier alpha value is -3.76. The number of fused-ring (bicyclic) bond motifs is 1. The molecular weight excluding hydrogens is 502 g/mol. The van der Waals surface area contributed by atoms with E-state index >= 15 is 0 Å². The highest BCUT2D eigenvalue weighted by Gasteiger charge is 2.35. The SMILES string of the molecule is COCc1cc(F)c(-c2ccc3cnc(Cc4cnccc4[C@H]4C[C@@H](N)[C@@H](NC(C)=O)[C@@H](C)C4)n3n2)c(F)c1. The number of aromatic nitrogens is 4. The van der Waals surface area contributed by atoms with E-state index in [-0.39, 0.29) is 47.7 Å². The summed E-state index contributed by atoms with van der Waals surface area (Å²) in [5, 5.41) is 7.57. The van der Waals surface area contributed by atoms with E-state index in [0.717, 1.165) is 24.0 Å². The number of rotatable bonds is 7. The fourth-order valence-electron chi connectivity index (χ4n) is 5.79. The minimum absolute atomic E-state index is 0.0627. The number of hydrogen-bond acceptors (Lipinski definition) is 6. The van der Waals surface area contributed by atoms with Crippen molar-refractivity contribution in [2.24, 2.45) is 11.7 Å². The lowest BCUT2D eigenvalue weighted by molar-refractivity contribution is -0.120. The van der Waals surface area contributed by atoms with Crippen LogP contribution in [0.4, 0.5) is 8.78 Å².